The summed E-state index contributed by atoms with van der Waals surface area (Å²) in [6.07, 6.45) is -5.26. The summed E-state index contributed by atoms with van der Waals surface area (Å²) in [5.74, 6) is -0.679. The quantitative estimate of drug-likeness (QED) is 0.692. The third-order valence-corrected chi connectivity index (χ3v) is 1.48. The lowest BCUT2D eigenvalue weighted by atomic mass is 10.1. The van der Waals surface area contributed by atoms with E-state index in [-0.39, 0.29) is 12.8 Å². The summed E-state index contributed by atoms with van der Waals surface area (Å²) < 4.78 is 39.1. The Kier molecular flexibility index (Phi) is 4.76. The number of methoxy groups -OCH3 is 1. The maximum atomic E-state index is 11.6. The smallest absolute Gasteiger partial charge is 0.389 e. The summed E-state index contributed by atoms with van der Waals surface area (Å²) >= 11 is 0. The molecule has 0 spiro atoms. The maximum Gasteiger partial charge on any atom is 0.389 e. The first-order valence-electron chi connectivity index (χ1n) is 3.77. The number of hydrogen-bond donors (Lipinski definition) is 1. The van der Waals surface area contributed by atoms with E-state index in [9.17, 15) is 18.0 Å². The van der Waals surface area contributed by atoms with E-state index in [0.29, 0.717) is 0 Å². The van der Waals surface area contributed by atoms with Crippen LogP contribution in [0.25, 0.3) is 0 Å². The first-order chi connectivity index (χ1) is 5.87. The summed E-state index contributed by atoms with van der Waals surface area (Å²) in [6.45, 7) is 0. The second kappa shape index (κ2) is 5.06. The van der Waals surface area contributed by atoms with E-state index in [2.05, 4.69) is 4.74 Å². The molecule has 0 radical (unpaired) electrons. The maximum absolute atomic E-state index is 11.6. The molecule has 0 aromatic rings. The van der Waals surface area contributed by atoms with Crippen LogP contribution in [0.2, 0.25) is 0 Å². The van der Waals surface area contributed by atoms with Gasteiger partial charge in [0.2, 0.25) is 0 Å². The van der Waals surface area contributed by atoms with Crippen LogP contribution in [-0.4, -0.2) is 25.3 Å². The molecule has 1 atom stereocenters. The average molecular weight is 199 g/mol. The number of carbonyl (C=O) groups is 1. The van der Waals surface area contributed by atoms with Crippen molar-refractivity contribution in [2.45, 2.75) is 31.5 Å². The van der Waals surface area contributed by atoms with Crippen LogP contribution < -0.4 is 5.73 Å². The van der Waals surface area contributed by atoms with Crippen LogP contribution in [0.15, 0.2) is 0 Å². The SMILES string of the molecule is COC(=O)C(N)CCCC(F)(F)F. The van der Waals surface area contributed by atoms with Gasteiger partial charge in [0.15, 0.2) is 0 Å². The second-order valence-electron chi connectivity index (χ2n) is 2.64. The molecule has 0 aliphatic heterocycles. The van der Waals surface area contributed by atoms with Gasteiger partial charge in [-0.2, -0.15) is 13.2 Å². The van der Waals surface area contributed by atoms with Crippen LogP contribution in [0.1, 0.15) is 19.3 Å². The van der Waals surface area contributed by atoms with Crippen molar-refractivity contribution in [2.24, 2.45) is 5.73 Å². The van der Waals surface area contributed by atoms with E-state index in [1.165, 1.54) is 0 Å². The molecule has 0 fully saturated rings. The number of nitrogens with two attached hydrogens (primary N) is 1. The molecule has 2 N–H and O–H groups in total. The van der Waals surface area contributed by atoms with Crippen molar-refractivity contribution < 1.29 is 22.7 Å². The van der Waals surface area contributed by atoms with Gasteiger partial charge in [0.25, 0.3) is 0 Å². The molecule has 6 heteroatoms. The first-order valence-corrected chi connectivity index (χ1v) is 3.77. The van der Waals surface area contributed by atoms with Crippen molar-refractivity contribution in [3.8, 4) is 0 Å². The fourth-order valence-corrected chi connectivity index (χ4v) is 0.792. The van der Waals surface area contributed by atoms with Gasteiger partial charge in [-0.25, -0.2) is 0 Å². The Hall–Kier alpha value is -0.780. The highest BCUT2D eigenvalue weighted by molar-refractivity contribution is 5.75. The molecular weight excluding hydrogens is 187 g/mol. The molecule has 78 valence electrons. The van der Waals surface area contributed by atoms with Gasteiger partial charge in [-0.3, -0.25) is 4.79 Å². The van der Waals surface area contributed by atoms with Crippen LogP contribution in [0.5, 0.6) is 0 Å². The van der Waals surface area contributed by atoms with Gasteiger partial charge in [0.1, 0.15) is 6.04 Å². The Morgan fingerprint density at radius 2 is 2.08 bits per heavy atom. The van der Waals surface area contributed by atoms with Gasteiger partial charge in [-0.1, -0.05) is 0 Å². The predicted octanol–water partition coefficient (Wildman–Crippen LogP) is 1.22. The third-order valence-electron chi connectivity index (χ3n) is 1.48. The van der Waals surface area contributed by atoms with E-state index in [1.807, 2.05) is 0 Å². The molecule has 0 aliphatic carbocycles. The van der Waals surface area contributed by atoms with Crippen molar-refractivity contribution in [3.05, 3.63) is 0 Å². The molecule has 0 heterocycles. The molecule has 13 heavy (non-hydrogen) atoms. The Balaban J connectivity index is 3.59. The Bertz CT molecular complexity index is 170. The zero-order valence-corrected chi connectivity index (χ0v) is 7.23. The molecule has 0 saturated carbocycles. The highest BCUT2D eigenvalue weighted by Crippen LogP contribution is 2.22. The molecular formula is C7H12F3NO2. The van der Waals surface area contributed by atoms with Crippen LogP contribution >= 0.6 is 0 Å². The van der Waals surface area contributed by atoms with Crippen molar-refractivity contribution in [3.63, 3.8) is 0 Å². The number of rotatable bonds is 4. The molecule has 3 nitrogen and oxygen atoms in total. The molecule has 0 rings (SSSR count). The summed E-state index contributed by atoms with van der Waals surface area (Å²) in [4.78, 5) is 10.6. The third kappa shape index (κ3) is 6.39. The molecule has 0 aromatic heterocycles. The van der Waals surface area contributed by atoms with Gasteiger partial charge in [-0.15, -0.1) is 0 Å². The lowest BCUT2D eigenvalue weighted by Gasteiger charge is -2.09. The van der Waals surface area contributed by atoms with Gasteiger partial charge in [0, 0.05) is 6.42 Å². The topological polar surface area (TPSA) is 52.3 Å². The molecule has 0 aliphatic rings. The van der Waals surface area contributed by atoms with Gasteiger partial charge in [-0.05, 0) is 12.8 Å². The van der Waals surface area contributed by atoms with E-state index >= 15 is 0 Å². The Labute approximate surface area is 74.0 Å². The molecule has 0 aromatic carbocycles. The summed E-state index contributed by atoms with van der Waals surface area (Å²) in [7, 11) is 1.14. The van der Waals surface area contributed by atoms with Crippen molar-refractivity contribution >= 4 is 5.97 Å². The molecule has 1 unspecified atom stereocenters. The van der Waals surface area contributed by atoms with E-state index in [1.54, 1.807) is 0 Å². The number of esters is 1. The van der Waals surface area contributed by atoms with Gasteiger partial charge >= 0.3 is 12.1 Å². The minimum Gasteiger partial charge on any atom is -0.468 e. The minimum absolute atomic E-state index is 0.00775. The van der Waals surface area contributed by atoms with Crippen molar-refractivity contribution in [2.75, 3.05) is 7.11 Å². The highest BCUT2D eigenvalue weighted by Gasteiger charge is 2.27. The zero-order chi connectivity index (χ0) is 10.5. The lowest BCUT2D eigenvalue weighted by molar-refractivity contribution is -0.144. The average Bonchev–Trinajstić information content (AvgIpc) is 2.00. The minimum atomic E-state index is -4.18. The number of hydrogen-bond acceptors (Lipinski definition) is 3. The summed E-state index contributed by atoms with van der Waals surface area (Å²) in [5.41, 5.74) is 5.22. The van der Waals surface area contributed by atoms with Crippen LogP contribution in [0.4, 0.5) is 13.2 Å². The van der Waals surface area contributed by atoms with Gasteiger partial charge < -0.3 is 10.5 Å². The Morgan fingerprint density at radius 3 is 2.46 bits per heavy atom. The highest BCUT2D eigenvalue weighted by atomic mass is 19.4. The van der Waals surface area contributed by atoms with Crippen molar-refractivity contribution in [1.82, 2.24) is 0 Å². The number of ether oxygens (including phenoxy) is 1. The van der Waals surface area contributed by atoms with E-state index in [0.717, 1.165) is 7.11 Å². The largest absolute Gasteiger partial charge is 0.468 e. The summed E-state index contributed by atoms with van der Waals surface area (Å²) in [6, 6.07) is -0.952. The zero-order valence-electron chi connectivity index (χ0n) is 7.23. The summed E-state index contributed by atoms with van der Waals surface area (Å²) in [5, 5.41) is 0. The lowest BCUT2D eigenvalue weighted by Crippen LogP contribution is -2.31. The van der Waals surface area contributed by atoms with E-state index < -0.39 is 24.6 Å². The molecule has 0 bridgehead atoms. The van der Waals surface area contributed by atoms with Crippen LogP contribution in [0, 0.1) is 0 Å². The second-order valence-corrected chi connectivity index (χ2v) is 2.64. The normalized spacial score (nSPS) is 13.9. The first kappa shape index (κ1) is 12.2. The van der Waals surface area contributed by atoms with Crippen LogP contribution in [0.3, 0.4) is 0 Å². The predicted molar refractivity (Wildman–Crippen MR) is 39.9 cm³/mol. The Morgan fingerprint density at radius 1 is 1.54 bits per heavy atom. The standard InChI is InChI=1S/C7H12F3NO2/c1-13-6(12)5(11)3-2-4-7(8,9)10/h5H,2-4,11H2,1H3. The van der Waals surface area contributed by atoms with Crippen molar-refractivity contribution in [1.29, 1.82) is 0 Å². The van der Waals surface area contributed by atoms with Gasteiger partial charge in [0.05, 0.1) is 7.11 Å². The van der Waals surface area contributed by atoms with E-state index in [4.69, 9.17) is 5.73 Å². The number of alkyl halides is 3. The number of halogens is 3. The molecule has 0 amide bonds. The fourth-order valence-electron chi connectivity index (χ4n) is 0.792. The fraction of sp³-hybridized carbons (Fsp3) is 0.857. The van der Waals surface area contributed by atoms with Crippen LogP contribution in [-0.2, 0) is 9.53 Å². The monoisotopic (exact) mass is 199 g/mol. The number of carbonyl (C=O) groups excluding carboxylic acids is 1. The molecule has 0 saturated heterocycles.